The van der Waals surface area contributed by atoms with Gasteiger partial charge in [0.25, 0.3) is 11.8 Å². The minimum Gasteiger partial charge on any atom is -0.345 e. The van der Waals surface area contributed by atoms with Gasteiger partial charge >= 0.3 is 0 Å². The van der Waals surface area contributed by atoms with E-state index in [0.29, 0.717) is 35.5 Å². The van der Waals surface area contributed by atoms with Crippen molar-refractivity contribution >= 4 is 23.2 Å². The number of hydrogen-bond donors (Lipinski definition) is 2. The van der Waals surface area contributed by atoms with Crippen LogP contribution in [-0.4, -0.2) is 28.3 Å². The molecule has 0 fully saturated rings. The van der Waals surface area contributed by atoms with Gasteiger partial charge in [0, 0.05) is 50.2 Å². The van der Waals surface area contributed by atoms with Gasteiger partial charge in [-0.15, -0.1) is 0 Å². The Balaban J connectivity index is 1.34. The molecule has 240 valence electrons. The van der Waals surface area contributed by atoms with Gasteiger partial charge < -0.3 is 15.2 Å². The summed E-state index contributed by atoms with van der Waals surface area (Å²) in [7, 11) is 0. The summed E-state index contributed by atoms with van der Waals surface area (Å²) in [5, 5.41) is 3.13. The van der Waals surface area contributed by atoms with Crippen molar-refractivity contribution in [1.29, 1.82) is 0 Å². The Morgan fingerprint density at radius 2 is 1.57 bits per heavy atom. The van der Waals surface area contributed by atoms with E-state index in [9.17, 15) is 9.59 Å². The van der Waals surface area contributed by atoms with E-state index in [1.807, 2.05) is 62.1 Å². The van der Waals surface area contributed by atoms with Crippen LogP contribution in [0.3, 0.4) is 0 Å². The number of H-pyrrole nitrogens is 1. The van der Waals surface area contributed by atoms with E-state index in [-0.39, 0.29) is 17.6 Å². The van der Waals surface area contributed by atoms with E-state index >= 15 is 0 Å². The van der Waals surface area contributed by atoms with E-state index < -0.39 is 6.37 Å². The molecule has 2 heterocycles. The number of aromatic amines is 1. The molecular weight excluding hydrogens is 580 g/mol. The number of aryl methyl sites for hydroxylation is 5. The zero-order valence-corrected chi connectivity index (χ0v) is 28.8. The first-order chi connectivity index (χ1) is 23.1. The first-order valence-corrected chi connectivity index (χ1v) is 16.2. The normalized spacial score (nSPS) is 13.3. The van der Waals surface area contributed by atoms with Crippen LogP contribution in [0.5, 0.6) is 0 Å². The fourth-order valence-electron chi connectivity index (χ4n) is 6.70. The number of nitrogens with zero attached hydrogens (tertiary/aromatic N) is 2. The number of nitrogens with one attached hydrogen (secondary N) is 2. The Morgan fingerprint density at radius 3 is 2.30 bits per heavy atom. The van der Waals surface area contributed by atoms with Crippen LogP contribution in [0.15, 0.2) is 54.6 Å². The van der Waals surface area contributed by atoms with E-state index in [1.54, 1.807) is 6.07 Å². The van der Waals surface area contributed by atoms with Crippen LogP contribution in [0.4, 0.5) is 11.4 Å². The highest BCUT2D eigenvalue weighted by Gasteiger charge is 2.30. The van der Waals surface area contributed by atoms with E-state index in [0.717, 1.165) is 67.0 Å². The first-order valence-electron chi connectivity index (χ1n) is 17.2. The van der Waals surface area contributed by atoms with Crippen molar-refractivity contribution in [2.75, 3.05) is 16.8 Å². The molecule has 0 atom stereocenters. The van der Waals surface area contributed by atoms with Crippen LogP contribution < -0.4 is 10.2 Å². The molecule has 1 aliphatic heterocycles. The van der Waals surface area contributed by atoms with Crippen LogP contribution in [0.2, 0.25) is 0 Å². The van der Waals surface area contributed by atoms with Gasteiger partial charge in [-0.3, -0.25) is 9.59 Å². The molecule has 1 aromatic heterocycles. The minimum atomic E-state index is -1.62. The minimum absolute atomic E-state index is 0.146. The third-order valence-electron chi connectivity index (χ3n) is 10.1. The van der Waals surface area contributed by atoms with Crippen LogP contribution in [0, 0.1) is 55.4 Å². The lowest BCUT2D eigenvalue weighted by Crippen LogP contribution is -2.33. The van der Waals surface area contributed by atoms with Crippen molar-refractivity contribution in [3.05, 3.63) is 122 Å². The van der Waals surface area contributed by atoms with Gasteiger partial charge in [0.15, 0.2) is 0 Å². The maximum atomic E-state index is 14.3. The summed E-state index contributed by atoms with van der Waals surface area (Å²) >= 11 is 0. The van der Waals surface area contributed by atoms with Crippen LogP contribution in [0.1, 0.15) is 86.4 Å². The van der Waals surface area contributed by atoms with Crippen molar-refractivity contribution in [1.82, 2.24) is 9.97 Å². The maximum absolute atomic E-state index is 14.3. The van der Waals surface area contributed by atoms with E-state index in [2.05, 4.69) is 57.1 Å². The molecule has 0 aliphatic carbocycles. The number of carbonyl (C=O) groups is 2. The number of fused-ring (bicyclic) bond motifs is 3. The molecule has 2 N–H and O–H groups in total. The Morgan fingerprint density at radius 1 is 0.830 bits per heavy atom. The topological polar surface area (TPSA) is 78.1 Å². The number of carbonyl (C=O) groups excluding carboxylic acids is 2. The van der Waals surface area contributed by atoms with Gasteiger partial charge in [-0.05, 0) is 141 Å². The predicted molar refractivity (Wildman–Crippen MR) is 193 cm³/mol. The summed E-state index contributed by atoms with van der Waals surface area (Å²) < 4.78 is 16.5. The Bertz CT molecular complexity index is 2170. The molecular formula is C41H44N4O2. The molecule has 0 saturated carbocycles. The molecule has 1 aliphatic rings. The number of benzene rings is 4. The molecule has 5 aromatic rings. The third-order valence-corrected chi connectivity index (χ3v) is 10.1. The monoisotopic (exact) mass is 626 g/mol. The highest BCUT2D eigenvalue weighted by atomic mass is 16.2. The van der Waals surface area contributed by atoms with E-state index in [1.165, 1.54) is 12.5 Å². The molecule has 6 heteroatoms. The third kappa shape index (κ3) is 5.56. The van der Waals surface area contributed by atoms with Crippen LogP contribution >= 0.6 is 0 Å². The van der Waals surface area contributed by atoms with Gasteiger partial charge in [-0.25, -0.2) is 4.98 Å². The fourth-order valence-corrected chi connectivity index (χ4v) is 6.70. The van der Waals surface area contributed by atoms with Gasteiger partial charge in [-0.2, -0.15) is 0 Å². The first kappa shape index (κ1) is 29.4. The van der Waals surface area contributed by atoms with Gasteiger partial charge in [-0.1, -0.05) is 31.2 Å². The number of amides is 2. The largest absolute Gasteiger partial charge is 0.345 e. The number of imidazole rings is 1. The standard InChI is InChI=1S/C41H44N4O2/c1-10-36-42-34-18-19-45(35-21-24(4)26(6)29(9)38(35)39(34)44-36)41(47)30-15-17-33(25(5)20-30)43-40(46)32-16-14-23(3)28(8)37(32)31-13-11-12-22(2)27(31)7/h11-17,20-21H,10,18-19H2,1-9H3,(H,42,44)(H,43,46)/i10D2. The summed E-state index contributed by atoms with van der Waals surface area (Å²) in [5.74, 6) is -0.0584. The Labute approximate surface area is 281 Å². The molecule has 0 unspecified atom stereocenters. The van der Waals surface area contributed by atoms with Crippen molar-refractivity contribution in [2.24, 2.45) is 0 Å². The summed E-state index contributed by atoms with van der Waals surface area (Å²) in [6, 6.07) is 17.5. The number of hydrogen-bond acceptors (Lipinski definition) is 3. The second-order valence-electron chi connectivity index (χ2n) is 12.9. The highest BCUT2D eigenvalue weighted by Crippen LogP contribution is 2.41. The summed E-state index contributed by atoms with van der Waals surface area (Å²) in [5.41, 5.74) is 15.4. The van der Waals surface area contributed by atoms with Crippen LogP contribution in [-0.2, 0) is 12.8 Å². The molecule has 0 spiro atoms. The molecule has 0 bridgehead atoms. The van der Waals surface area contributed by atoms with Crippen molar-refractivity contribution in [3.8, 4) is 22.4 Å². The number of rotatable bonds is 5. The molecule has 0 saturated heterocycles. The van der Waals surface area contributed by atoms with E-state index in [4.69, 9.17) is 7.73 Å². The lowest BCUT2D eigenvalue weighted by Gasteiger charge is -2.26. The van der Waals surface area contributed by atoms with Crippen molar-refractivity contribution in [2.45, 2.75) is 75.1 Å². The fraction of sp³-hybridized carbons (Fsp3) is 0.293. The molecule has 4 aromatic carbocycles. The second-order valence-corrected chi connectivity index (χ2v) is 12.9. The zero-order valence-electron chi connectivity index (χ0n) is 30.8. The quantitative estimate of drug-likeness (QED) is 0.204. The summed E-state index contributed by atoms with van der Waals surface area (Å²) in [6.07, 6.45) is -1.12. The number of anilines is 2. The molecule has 47 heavy (non-hydrogen) atoms. The van der Waals surface area contributed by atoms with Crippen molar-refractivity contribution in [3.63, 3.8) is 0 Å². The molecule has 6 nitrogen and oxygen atoms in total. The van der Waals surface area contributed by atoms with Crippen LogP contribution in [0.25, 0.3) is 22.4 Å². The summed E-state index contributed by atoms with van der Waals surface area (Å²) in [4.78, 5) is 38.0. The zero-order chi connectivity index (χ0) is 35.5. The second kappa shape index (κ2) is 12.3. The Kier molecular flexibility index (Phi) is 7.72. The number of aromatic nitrogens is 2. The predicted octanol–water partition coefficient (Wildman–Crippen LogP) is 9.23. The molecule has 6 rings (SSSR count). The van der Waals surface area contributed by atoms with Gasteiger partial charge in [0.2, 0.25) is 0 Å². The lowest BCUT2D eigenvalue weighted by molar-refractivity contribution is 0.0986. The Hall–Kier alpha value is -4.97. The smallest absolute Gasteiger partial charge is 0.258 e. The average Bonchev–Trinajstić information content (AvgIpc) is 3.41. The average molecular weight is 627 g/mol. The highest BCUT2D eigenvalue weighted by molar-refractivity contribution is 6.11. The SMILES string of the molecule is [2H]C([2H])(C)c1nc2c([nH]1)CCN(C(=O)c1ccc(NC(=O)c3ccc(C)c(C)c3-c3cccc(C)c3C)c(C)c1)c1cc(C)c(C)c(C)c1-2. The van der Waals surface area contributed by atoms with Crippen molar-refractivity contribution < 1.29 is 12.3 Å². The lowest BCUT2D eigenvalue weighted by atomic mass is 9.88. The van der Waals surface area contributed by atoms with Gasteiger partial charge in [0.1, 0.15) is 5.82 Å². The molecule has 0 radical (unpaired) electrons. The molecule has 2 amide bonds. The maximum Gasteiger partial charge on any atom is 0.258 e. The van der Waals surface area contributed by atoms with Gasteiger partial charge in [0.05, 0.1) is 11.4 Å². The summed E-state index contributed by atoms with van der Waals surface area (Å²) in [6.45, 7) is 18.3.